The first-order valence-electron chi connectivity index (χ1n) is 6.89. The maximum atomic E-state index is 12.1. The van der Waals surface area contributed by atoms with E-state index in [0.717, 1.165) is 5.56 Å². The summed E-state index contributed by atoms with van der Waals surface area (Å²) in [5.74, 6) is -1.45. The highest BCUT2D eigenvalue weighted by Gasteiger charge is 2.21. The molecule has 5 heteroatoms. The molecule has 0 aromatic heterocycles. The molecule has 116 valence electrons. The first-order chi connectivity index (χ1) is 9.75. The van der Waals surface area contributed by atoms with E-state index in [1.54, 1.807) is 12.1 Å². The molecule has 1 aromatic carbocycles. The van der Waals surface area contributed by atoms with Gasteiger partial charge in [0.15, 0.2) is 0 Å². The van der Waals surface area contributed by atoms with Gasteiger partial charge < -0.3 is 15.2 Å². The highest BCUT2D eigenvalue weighted by Crippen LogP contribution is 2.22. The molecular formula is C16H23NO4. The number of rotatable bonds is 6. The lowest BCUT2D eigenvalue weighted by atomic mass is 9.86. The smallest absolute Gasteiger partial charge is 0.326 e. The fraction of sp³-hybridized carbons (Fsp3) is 0.500. The van der Waals surface area contributed by atoms with Gasteiger partial charge in [0.2, 0.25) is 0 Å². The molecule has 21 heavy (non-hydrogen) atoms. The predicted octanol–water partition coefficient (Wildman–Crippen LogP) is 2.20. The van der Waals surface area contributed by atoms with Gasteiger partial charge in [-0.2, -0.15) is 0 Å². The number of hydrogen-bond acceptors (Lipinski definition) is 3. The van der Waals surface area contributed by atoms with E-state index >= 15 is 0 Å². The van der Waals surface area contributed by atoms with Gasteiger partial charge in [0.05, 0.1) is 0 Å². The van der Waals surface area contributed by atoms with Gasteiger partial charge in [-0.1, -0.05) is 32.9 Å². The van der Waals surface area contributed by atoms with E-state index < -0.39 is 12.0 Å². The lowest BCUT2D eigenvalue weighted by Gasteiger charge is -2.19. The molecule has 0 bridgehead atoms. The third-order valence-electron chi connectivity index (χ3n) is 3.23. The minimum Gasteiger partial charge on any atom is -0.480 e. The van der Waals surface area contributed by atoms with Gasteiger partial charge in [-0.05, 0) is 23.1 Å². The molecule has 0 aliphatic carbocycles. The van der Waals surface area contributed by atoms with Crippen LogP contribution < -0.4 is 5.32 Å². The van der Waals surface area contributed by atoms with Crippen LogP contribution in [0, 0.1) is 0 Å². The Morgan fingerprint density at radius 3 is 2.24 bits per heavy atom. The van der Waals surface area contributed by atoms with Crippen molar-refractivity contribution in [2.75, 3.05) is 13.7 Å². The van der Waals surface area contributed by atoms with Crippen molar-refractivity contribution in [3.05, 3.63) is 35.4 Å². The summed E-state index contributed by atoms with van der Waals surface area (Å²) in [6, 6.07) is 6.26. The highest BCUT2D eigenvalue weighted by atomic mass is 16.5. The van der Waals surface area contributed by atoms with Crippen molar-refractivity contribution in [3.8, 4) is 0 Å². The number of hydrogen-bond donors (Lipinski definition) is 2. The first-order valence-corrected chi connectivity index (χ1v) is 6.89. The molecule has 1 atom stereocenters. The van der Waals surface area contributed by atoms with E-state index in [9.17, 15) is 9.59 Å². The molecule has 0 aliphatic rings. The summed E-state index contributed by atoms with van der Waals surface area (Å²) >= 11 is 0. The van der Waals surface area contributed by atoms with Gasteiger partial charge >= 0.3 is 5.97 Å². The summed E-state index contributed by atoms with van der Waals surface area (Å²) in [4.78, 5) is 23.2. The summed E-state index contributed by atoms with van der Waals surface area (Å²) in [6.45, 7) is 6.55. The zero-order valence-electron chi connectivity index (χ0n) is 13.0. The van der Waals surface area contributed by atoms with E-state index in [0.29, 0.717) is 5.56 Å². The van der Waals surface area contributed by atoms with Crippen molar-refractivity contribution in [2.24, 2.45) is 0 Å². The van der Waals surface area contributed by atoms with Crippen LogP contribution in [0.4, 0.5) is 0 Å². The summed E-state index contributed by atoms with van der Waals surface area (Å²) in [5.41, 5.74) is 1.58. The van der Waals surface area contributed by atoms with Gasteiger partial charge in [0.25, 0.3) is 5.91 Å². The zero-order chi connectivity index (χ0) is 16.0. The number of nitrogens with one attached hydrogen (secondary N) is 1. The van der Waals surface area contributed by atoms with Crippen LogP contribution in [0.2, 0.25) is 0 Å². The Hall–Kier alpha value is -1.88. The van der Waals surface area contributed by atoms with Gasteiger partial charge in [0.1, 0.15) is 6.04 Å². The number of carbonyl (C=O) groups excluding carboxylic acids is 1. The van der Waals surface area contributed by atoms with Gasteiger partial charge in [0, 0.05) is 25.7 Å². The normalized spacial score (nSPS) is 12.8. The van der Waals surface area contributed by atoms with E-state index in [2.05, 4.69) is 26.1 Å². The molecule has 0 fully saturated rings. The second-order valence-corrected chi connectivity index (χ2v) is 5.97. The molecule has 0 heterocycles. The maximum Gasteiger partial charge on any atom is 0.326 e. The molecule has 5 nitrogen and oxygen atoms in total. The fourth-order valence-corrected chi connectivity index (χ4v) is 1.86. The molecule has 2 N–H and O–H groups in total. The van der Waals surface area contributed by atoms with Crippen LogP contribution in [0.15, 0.2) is 24.3 Å². The Morgan fingerprint density at radius 1 is 1.24 bits per heavy atom. The van der Waals surface area contributed by atoms with Crippen LogP contribution in [0.5, 0.6) is 0 Å². The molecule has 1 aromatic rings. The third-order valence-corrected chi connectivity index (χ3v) is 3.23. The fourth-order valence-electron chi connectivity index (χ4n) is 1.86. The highest BCUT2D eigenvalue weighted by molar-refractivity contribution is 5.96. The second kappa shape index (κ2) is 7.22. The van der Waals surface area contributed by atoms with Crippen LogP contribution >= 0.6 is 0 Å². The Morgan fingerprint density at radius 2 is 1.81 bits per heavy atom. The van der Waals surface area contributed by atoms with Crippen molar-refractivity contribution in [2.45, 2.75) is 38.6 Å². The van der Waals surface area contributed by atoms with Crippen molar-refractivity contribution in [3.63, 3.8) is 0 Å². The minimum absolute atomic E-state index is 0.0110. The quantitative estimate of drug-likeness (QED) is 0.843. The topological polar surface area (TPSA) is 75.6 Å². The number of benzene rings is 1. The maximum absolute atomic E-state index is 12.1. The number of methoxy groups -OCH3 is 1. The van der Waals surface area contributed by atoms with Crippen LogP contribution in [0.1, 0.15) is 43.1 Å². The van der Waals surface area contributed by atoms with Crippen molar-refractivity contribution < 1.29 is 19.4 Å². The van der Waals surface area contributed by atoms with Crippen LogP contribution in [0.3, 0.4) is 0 Å². The Bertz CT molecular complexity index is 488. The molecule has 0 saturated carbocycles. The number of carbonyl (C=O) groups is 2. The van der Waals surface area contributed by atoms with Gasteiger partial charge in [-0.15, -0.1) is 0 Å². The van der Waals surface area contributed by atoms with Crippen LogP contribution in [0.25, 0.3) is 0 Å². The molecule has 0 spiro atoms. The SMILES string of the molecule is COCCC(NC(=O)c1ccc(C(C)(C)C)cc1)C(=O)O. The molecule has 0 radical (unpaired) electrons. The van der Waals surface area contributed by atoms with Gasteiger partial charge in [-0.3, -0.25) is 4.79 Å². The summed E-state index contributed by atoms with van der Waals surface area (Å²) in [7, 11) is 1.49. The summed E-state index contributed by atoms with van der Waals surface area (Å²) < 4.78 is 4.85. The molecule has 1 unspecified atom stereocenters. The average molecular weight is 293 g/mol. The van der Waals surface area contributed by atoms with E-state index in [1.165, 1.54) is 7.11 Å². The Balaban J connectivity index is 2.76. The molecule has 0 aliphatic heterocycles. The number of carboxylic acid groups (broad SMARTS) is 1. The predicted molar refractivity (Wildman–Crippen MR) is 80.5 cm³/mol. The van der Waals surface area contributed by atoms with E-state index in [1.807, 2.05) is 12.1 Å². The largest absolute Gasteiger partial charge is 0.480 e. The molecule has 1 amide bonds. The number of ether oxygens (including phenoxy) is 1. The van der Waals surface area contributed by atoms with Crippen LogP contribution in [-0.4, -0.2) is 36.7 Å². The zero-order valence-corrected chi connectivity index (χ0v) is 13.0. The first kappa shape index (κ1) is 17.2. The number of aliphatic carboxylic acids is 1. The third kappa shape index (κ3) is 5.19. The Labute approximate surface area is 125 Å². The molecular weight excluding hydrogens is 270 g/mol. The summed E-state index contributed by atoms with van der Waals surface area (Å²) in [6.07, 6.45) is 0.234. The van der Waals surface area contributed by atoms with Crippen molar-refractivity contribution in [1.29, 1.82) is 0 Å². The van der Waals surface area contributed by atoms with E-state index in [4.69, 9.17) is 9.84 Å². The minimum atomic E-state index is -1.06. The lowest BCUT2D eigenvalue weighted by Crippen LogP contribution is -2.41. The van der Waals surface area contributed by atoms with Crippen LogP contribution in [-0.2, 0) is 14.9 Å². The average Bonchev–Trinajstić information content (AvgIpc) is 2.42. The second-order valence-electron chi connectivity index (χ2n) is 5.97. The summed E-state index contributed by atoms with van der Waals surface area (Å²) in [5, 5.41) is 11.6. The monoisotopic (exact) mass is 293 g/mol. The van der Waals surface area contributed by atoms with Crippen molar-refractivity contribution in [1.82, 2.24) is 5.32 Å². The van der Waals surface area contributed by atoms with Gasteiger partial charge in [-0.25, -0.2) is 4.79 Å². The number of carboxylic acids is 1. The molecule has 1 rings (SSSR count). The standard InChI is InChI=1S/C16H23NO4/c1-16(2,3)12-7-5-11(6-8-12)14(18)17-13(15(19)20)9-10-21-4/h5-8,13H,9-10H2,1-4H3,(H,17,18)(H,19,20). The number of amides is 1. The van der Waals surface area contributed by atoms with Crippen molar-refractivity contribution >= 4 is 11.9 Å². The van der Waals surface area contributed by atoms with E-state index in [-0.39, 0.29) is 24.3 Å². The molecule has 0 saturated heterocycles. The Kier molecular flexibility index (Phi) is 5.90. The lowest BCUT2D eigenvalue weighted by molar-refractivity contribution is -0.139.